The van der Waals surface area contributed by atoms with Gasteiger partial charge in [-0.25, -0.2) is 0 Å². The van der Waals surface area contributed by atoms with E-state index < -0.39 is 0 Å². The molecule has 0 unspecified atom stereocenters. The Morgan fingerprint density at radius 1 is 0.667 bits per heavy atom. The van der Waals surface area contributed by atoms with Crippen LogP contribution < -0.4 is 0 Å². The molecule has 0 aromatic heterocycles. The van der Waals surface area contributed by atoms with Crippen LogP contribution >= 0.6 is 0 Å². The van der Waals surface area contributed by atoms with Crippen LogP contribution in [-0.2, 0) is 0 Å². The van der Waals surface area contributed by atoms with Gasteiger partial charge in [-0.3, -0.25) is 0 Å². The van der Waals surface area contributed by atoms with Crippen molar-refractivity contribution in [1.82, 2.24) is 0 Å². The first-order valence-corrected chi connectivity index (χ1v) is 6.65. The highest BCUT2D eigenvalue weighted by Crippen LogP contribution is 2.30. The highest BCUT2D eigenvalue weighted by Gasteiger charge is 2.04. The van der Waals surface area contributed by atoms with Gasteiger partial charge >= 0.3 is 0 Å². The Morgan fingerprint density at radius 3 is 2.11 bits per heavy atom. The largest absolute Gasteiger partial charge is 0.0683 e. The van der Waals surface area contributed by atoms with E-state index in [2.05, 4.69) is 62.4 Å². The number of hydrogen-bond acceptors (Lipinski definition) is 0. The third kappa shape index (κ3) is 1.99. The molecule has 0 bridgehead atoms. The van der Waals surface area contributed by atoms with Crippen LogP contribution in [-0.4, -0.2) is 0 Å². The number of rotatable bonds is 0. The molecule has 3 aromatic carbocycles. The summed E-state index contributed by atoms with van der Waals surface area (Å²) in [6, 6.07) is 17.4. The molecule has 0 aliphatic rings. The lowest BCUT2D eigenvalue weighted by atomic mass is 9.95. The second-order valence-corrected chi connectivity index (χ2v) is 4.41. The van der Waals surface area contributed by atoms with Gasteiger partial charge in [-0.1, -0.05) is 62.4 Å². The first-order valence-electron chi connectivity index (χ1n) is 6.65. The zero-order valence-corrected chi connectivity index (χ0v) is 11.6. The molecular weight excluding hydrogens is 216 g/mol. The number of fused-ring (bicyclic) bond motifs is 3. The molecule has 3 aromatic rings. The van der Waals surface area contributed by atoms with Gasteiger partial charge in [0, 0.05) is 0 Å². The average molecular weight is 236 g/mol. The predicted molar refractivity (Wildman–Crippen MR) is 82.3 cm³/mol. The topological polar surface area (TPSA) is 0 Å². The van der Waals surface area contributed by atoms with E-state index in [4.69, 9.17) is 0 Å². The number of benzene rings is 3. The standard InChI is InChI=1S/C16H14.C2H6/c1-11-6-5-9-14-12(2)10-13-7-3-4-8-15(13)16(11)14;1-2/h3-10H,1-2H3;1-2H3. The van der Waals surface area contributed by atoms with E-state index in [0.29, 0.717) is 0 Å². The van der Waals surface area contributed by atoms with Crippen molar-refractivity contribution < 1.29 is 0 Å². The molecule has 92 valence electrons. The highest BCUT2D eigenvalue weighted by atomic mass is 14.1. The molecule has 0 spiro atoms. The van der Waals surface area contributed by atoms with Crippen molar-refractivity contribution in [1.29, 1.82) is 0 Å². The Hall–Kier alpha value is -1.82. The first kappa shape index (κ1) is 12.6. The molecule has 0 atom stereocenters. The van der Waals surface area contributed by atoms with Gasteiger partial charge in [0.2, 0.25) is 0 Å². The van der Waals surface area contributed by atoms with Crippen LogP contribution in [0.2, 0.25) is 0 Å². The molecule has 0 radical (unpaired) electrons. The molecule has 0 amide bonds. The van der Waals surface area contributed by atoms with Crippen LogP contribution in [0.5, 0.6) is 0 Å². The van der Waals surface area contributed by atoms with E-state index in [1.807, 2.05) is 13.8 Å². The molecule has 0 aliphatic heterocycles. The maximum absolute atomic E-state index is 2.27. The van der Waals surface area contributed by atoms with Crippen molar-refractivity contribution in [3.05, 3.63) is 59.7 Å². The van der Waals surface area contributed by atoms with Crippen LogP contribution in [0.25, 0.3) is 21.5 Å². The van der Waals surface area contributed by atoms with Crippen LogP contribution in [0, 0.1) is 13.8 Å². The summed E-state index contributed by atoms with van der Waals surface area (Å²) in [6.07, 6.45) is 0. The summed E-state index contributed by atoms with van der Waals surface area (Å²) < 4.78 is 0. The van der Waals surface area contributed by atoms with Crippen molar-refractivity contribution in [3.8, 4) is 0 Å². The fourth-order valence-corrected chi connectivity index (χ4v) is 2.52. The molecule has 0 heteroatoms. The van der Waals surface area contributed by atoms with Gasteiger partial charge in [0.1, 0.15) is 0 Å². The molecule has 0 saturated carbocycles. The summed E-state index contributed by atoms with van der Waals surface area (Å²) >= 11 is 0. The van der Waals surface area contributed by atoms with Crippen LogP contribution in [0.15, 0.2) is 48.5 Å². The second-order valence-electron chi connectivity index (χ2n) is 4.41. The maximum Gasteiger partial charge on any atom is -0.00735 e. The normalized spacial score (nSPS) is 10.2. The summed E-state index contributed by atoms with van der Waals surface area (Å²) in [5.41, 5.74) is 2.72. The summed E-state index contributed by atoms with van der Waals surface area (Å²) in [6.45, 7) is 8.38. The number of aryl methyl sites for hydroxylation is 2. The zero-order chi connectivity index (χ0) is 13.1. The quantitative estimate of drug-likeness (QED) is 0.443. The monoisotopic (exact) mass is 236 g/mol. The van der Waals surface area contributed by atoms with E-state index in [0.717, 1.165) is 0 Å². The average Bonchev–Trinajstić information content (AvgIpc) is 2.41. The highest BCUT2D eigenvalue weighted by molar-refractivity contribution is 6.10. The summed E-state index contributed by atoms with van der Waals surface area (Å²) in [7, 11) is 0. The summed E-state index contributed by atoms with van der Waals surface area (Å²) in [5, 5.41) is 5.47. The lowest BCUT2D eigenvalue weighted by Crippen LogP contribution is -1.84. The first-order chi connectivity index (χ1) is 8.77. The minimum atomic E-state index is 1.34. The van der Waals surface area contributed by atoms with Crippen LogP contribution in [0.3, 0.4) is 0 Å². The molecule has 18 heavy (non-hydrogen) atoms. The van der Waals surface area contributed by atoms with E-state index in [-0.39, 0.29) is 0 Å². The van der Waals surface area contributed by atoms with Crippen LogP contribution in [0.1, 0.15) is 25.0 Å². The minimum Gasteiger partial charge on any atom is -0.0683 e. The zero-order valence-electron chi connectivity index (χ0n) is 11.6. The van der Waals surface area contributed by atoms with Crippen molar-refractivity contribution in [3.63, 3.8) is 0 Å². The van der Waals surface area contributed by atoms with Gasteiger partial charge in [-0.05, 0) is 46.5 Å². The Labute approximate surface area is 109 Å². The maximum atomic E-state index is 2.27. The fourth-order valence-electron chi connectivity index (χ4n) is 2.52. The van der Waals surface area contributed by atoms with E-state index in [1.54, 1.807) is 0 Å². The molecule has 0 saturated heterocycles. The molecule has 0 fully saturated rings. The lowest BCUT2D eigenvalue weighted by Gasteiger charge is -2.09. The van der Waals surface area contributed by atoms with Gasteiger partial charge in [-0.15, -0.1) is 0 Å². The van der Waals surface area contributed by atoms with Gasteiger partial charge in [0.15, 0.2) is 0 Å². The Morgan fingerprint density at radius 2 is 1.33 bits per heavy atom. The van der Waals surface area contributed by atoms with Crippen molar-refractivity contribution >= 4 is 21.5 Å². The molecule has 0 nitrogen and oxygen atoms in total. The second kappa shape index (κ2) is 5.22. The molecule has 3 rings (SSSR count). The van der Waals surface area contributed by atoms with Crippen molar-refractivity contribution in [2.45, 2.75) is 27.7 Å². The number of hydrogen-bond donors (Lipinski definition) is 0. The fraction of sp³-hybridized carbons (Fsp3) is 0.222. The predicted octanol–water partition coefficient (Wildman–Crippen LogP) is 5.64. The van der Waals surface area contributed by atoms with Gasteiger partial charge in [-0.2, -0.15) is 0 Å². The van der Waals surface area contributed by atoms with Gasteiger partial charge in [0.25, 0.3) is 0 Å². The Balaban J connectivity index is 0.000000574. The van der Waals surface area contributed by atoms with E-state index in [1.165, 1.54) is 32.7 Å². The molecule has 0 heterocycles. The van der Waals surface area contributed by atoms with Crippen molar-refractivity contribution in [2.24, 2.45) is 0 Å². The summed E-state index contributed by atoms with van der Waals surface area (Å²) in [4.78, 5) is 0. The smallest absolute Gasteiger partial charge is 0.00735 e. The Kier molecular flexibility index (Phi) is 3.66. The molecular formula is C18H20. The summed E-state index contributed by atoms with van der Waals surface area (Å²) in [5.74, 6) is 0. The molecule has 0 aliphatic carbocycles. The SMILES string of the molecule is CC.Cc1cc2ccccc2c2c(C)cccc12. The minimum absolute atomic E-state index is 1.34. The van der Waals surface area contributed by atoms with Crippen molar-refractivity contribution in [2.75, 3.05) is 0 Å². The van der Waals surface area contributed by atoms with Gasteiger partial charge < -0.3 is 0 Å². The molecule has 0 N–H and O–H groups in total. The third-order valence-electron chi connectivity index (χ3n) is 3.30. The van der Waals surface area contributed by atoms with Gasteiger partial charge in [0.05, 0.1) is 0 Å². The Bertz CT molecular complexity index is 678. The van der Waals surface area contributed by atoms with E-state index in [9.17, 15) is 0 Å². The lowest BCUT2D eigenvalue weighted by molar-refractivity contribution is 1.50. The van der Waals surface area contributed by atoms with E-state index >= 15 is 0 Å². The van der Waals surface area contributed by atoms with Crippen LogP contribution in [0.4, 0.5) is 0 Å². The third-order valence-corrected chi connectivity index (χ3v) is 3.30.